The van der Waals surface area contributed by atoms with E-state index in [-0.39, 0.29) is 25.0 Å². The molecular weight excluding hydrogens is 358 g/mol. The number of aliphatic hydroxyl groups excluding tert-OH is 3. The minimum Gasteiger partial charge on any atom is -0.503 e. The predicted octanol–water partition coefficient (Wildman–Crippen LogP) is -0.633. The number of aliphatic hydroxyl groups is 5. The van der Waals surface area contributed by atoms with Crippen LogP contribution in [0.2, 0.25) is 0 Å². The van der Waals surface area contributed by atoms with Gasteiger partial charge in [0.05, 0.1) is 24.5 Å². The molecule has 0 saturated heterocycles. The van der Waals surface area contributed by atoms with Crippen molar-refractivity contribution < 1.29 is 39.9 Å². The van der Waals surface area contributed by atoms with E-state index < -0.39 is 65.2 Å². The van der Waals surface area contributed by atoms with Crippen molar-refractivity contribution in [3.63, 3.8) is 0 Å². The van der Waals surface area contributed by atoms with Crippen LogP contribution in [-0.2, 0) is 14.3 Å². The summed E-state index contributed by atoms with van der Waals surface area (Å²) in [6.45, 7) is 2.56. The van der Waals surface area contributed by atoms with Crippen LogP contribution in [0, 0.1) is 11.8 Å². The van der Waals surface area contributed by atoms with Crippen molar-refractivity contribution >= 4 is 17.8 Å². The van der Waals surface area contributed by atoms with E-state index in [2.05, 4.69) is 4.99 Å². The number of hydrogen-bond donors (Lipinski definition) is 5. The average molecular weight is 383 g/mol. The number of ketones is 2. The summed E-state index contributed by atoms with van der Waals surface area (Å²) in [7, 11) is 0. The van der Waals surface area contributed by atoms with Gasteiger partial charge in [-0.3, -0.25) is 9.59 Å². The molecule has 1 heterocycles. The highest BCUT2D eigenvalue weighted by atomic mass is 16.5. The zero-order chi connectivity index (χ0) is 20.2. The van der Waals surface area contributed by atoms with Crippen molar-refractivity contribution in [2.75, 3.05) is 6.61 Å². The second-order valence-corrected chi connectivity index (χ2v) is 8.09. The maximum atomic E-state index is 12.7. The quantitative estimate of drug-likeness (QED) is 0.422. The second kappa shape index (κ2) is 6.37. The number of carbonyl (C=O) groups excluding carboxylic acids is 2. The van der Waals surface area contributed by atoms with Gasteiger partial charge in [0.25, 0.3) is 5.72 Å². The lowest BCUT2D eigenvalue weighted by Gasteiger charge is -2.48. The minimum absolute atomic E-state index is 0.0669. The summed E-state index contributed by atoms with van der Waals surface area (Å²) in [5, 5.41) is 51.9. The van der Waals surface area contributed by atoms with Crippen molar-refractivity contribution in [1.29, 1.82) is 0 Å². The van der Waals surface area contributed by atoms with Crippen LogP contribution in [0.1, 0.15) is 39.5 Å². The fraction of sp³-hybridized carbons (Fsp3) is 0.722. The SMILES string of the molecule is C[C@H]1CC(=O)C[C@](O)(C2=C(O)C=N[C@]3(C[C@](O)(CO)[C@@H](C)CC3=O)O2)[C@@H]1O. The molecule has 1 spiro atoms. The van der Waals surface area contributed by atoms with E-state index in [0.29, 0.717) is 0 Å². The van der Waals surface area contributed by atoms with Crippen LogP contribution in [0.5, 0.6) is 0 Å². The molecule has 0 aromatic carbocycles. The first kappa shape index (κ1) is 19.9. The Morgan fingerprint density at radius 3 is 2.56 bits per heavy atom. The minimum atomic E-state index is -2.22. The summed E-state index contributed by atoms with van der Waals surface area (Å²) in [6, 6.07) is 0. The molecule has 2 fully saturated rings. The number of nitrogens with zero attached hydrogens (tertiary/aromatic N) is 1. The van der Waals surface area contributed by atoms with Crippen LogP contribution >= 0.6 is 0 Å². The monoisotopic (exact) mass is 383 g/mol. The summed E-state index contributed by atoms with van der Waals surface area (Å²) in [5.74, 6) is -3.09. The first-order chi connectivity index (χ1) is 12.5. The van der Waals surface area contributed by atoms with Gasteiger partial charge in [0.1, 0.15) is 5.78 Å². The normalized spacial score (nSPS) is 45.3. The van der Waals surface area contributed by atoms with Gasteiger partial charge in [0.2, 0.25) is 0 Å². The summed E-state index contributed by atoms with van der Waals surface area (Å²) in [6.07, 6.45) is -1.45. The van der Waals surface area contributed by atoms with E-state index in [0.717, 1.165) is 6.21 Å². The molecule has 27 heavy (non-hydrogen) atoms. The van der Waals surface area contributed by atoms with Crippen LogP contribution in [0.15, 0.2) is 16.5 Å². The Morgan fingerprint density at radius 1 is 1.26 bits per heavy atom. The third-order valence-electron chi connectivity index (χ3n) is 6.00. The predicted molar refractivity (Wildman–Crippen MR) is 91.8 cm³/mol. The van der Waals surface area contributed by atoms with E-state index in [9.17, 15) is 35.1 Å². The Kier molecular flexibility index (Phi) is 4.70. The molecule has 9 nitrogen and oxygen atoms in total. The lowest BCUT2D eigenvalue weighted by Crippen LogP contribution is -2.61. The van der Waals surface area contributed by atoms with Crippen LogP contribution < -0.4 is 0 Å². The number of aliphatic imine (C=N–C) groups is 1. The number of hydrogen-bond acceptors (Lipinski definition) is 9. The van der Waals surface area contributed by atoms with Crippen molar-refractivity contribution in [1.82, 2.24) is 0 Å². The Morgan fingerprint density at radius 2 is 1.93 bits per heavy atom. The molecular formula is C18H25NO8. The fourth-order valence-corrected chi connectivity index (χ4v) is 4.15. The Bertz CT molecular complexity index is 733. The fourth-order valence-electron chi connectivity index (χ4n) is 4.15. The van der Waals surface area contributed by atoms with Crippen molar-refractivity contribution in [3.8, 4) is 0 Å². The van der Waals surface area contributed by atoms with Crippen LogP contribution in [0.25, 0.3) is 0 Å². The molecule has 6 atom stereocenters. The molecule has 0 aromatic heterocycles. The average Bonchev–Trinajstić information content (AvgIpc) is 2.60. The third kappa shape index (κ3) is 2.98. The number of allylic oxidation sites excluding steroid dienone is 1. The largest absolute Gasteiger partial charge is 0.503 e. The van der Waals surface area contributed by atoms with Gasteiger partial charge in [-0.1, -0.05) is 13.8 Å². The summed E-state index contributed by atoms with van der Waals surface area (Å²) in [4.78, 5) is 28.6. The number of rotatable bonds is 2. The topological polar surface area (TPSA) is 157 Å². The highest BCUT2D eigenvalue weighted by Gasteiger charge is 2.59. The molecule has 0 amide bonds. The lowest BCUT2D eigenvalue weighted by molar-refractivity contribution is -0.191. The number of ether oxygens (including phenoxy) is 1. The number of Topliss-reactive ketones (excluding diaryl/α,β-unsaturated/α-hetero) is 2. The third-order valence-corrected chi connectivity index (χ3v) is 6.00. The Hall–Kier alpha value is -1.81. The summed E-state index contributed by atoms with van der Waals surface area (Å²) >= 11 is 0. The summed E-state index contributed by atoms with van der Waals surface area (Å²) in [5.41, 5.74) is -5.83. The van der Waals surface area contributed by atoms with Gasteiger partial charge in [-0.25, -0.2) is 4.99 Å². The van der Waals surface area contributed by atoms with Crippen LogP contribution in [0.4, 0.5) is 0 Å². The van der Waals surface area contributed by atoms with E-state index in [1.54, 1.807) is 13.8 Å². The van der Waals surface area contributed by atoms with Crippen LogP contribution in [0.3, 0.4) is 0 Å². The molecule has 0 radical (unpaired) electrons. The molecule has 9 heteroatoms. The van der Waals surface area contributed by atoms with E-state index in [1.807, 2.05) is 0 Å². The maximum absolute atomic E-state index is 12.7. The molecule has 150 valence electrons. The molecule has 0 bridgehead atoms. The molecule has 5 N–H and O–H groups in total. The molecule has 3 rings (SSSR count). The van der Waals surface area contributed by atoms with E-state index in [4.69, 9.17) is 4.74 Å². The molecule has 0 unspecified atom stereocenters. The lowest BCUT2D eigenvalue weighted by atomic mass is 9.71. The van der Waals surface area contributed by atoms with Gasteiger partial charge in [-0.05, 0) is 11.8 Å². The highest BCUT2D eigenvalue weighted by Crippen LogP contribution is 2.46. The molecule has 2 saturated carbocycles. The summed E-state index contributed by atoms with van der Waals surface area (Å²) < 4.78 is 5.64. The maximum Gasteiger partial charge on any atom is 0.261 e. The van der Waals surface area contributed by atoms with Gasteiger partial charge in [-0.15, -0.1) is 0 Å². The van der Waals surface area contributed by atoms with Crippen molar-refractivity contribution in [3.05, 3.63) is 11.5 Å². The van der Waals surface area contributed by atoms with Gasteiger partial charge in [-0.2, -0.15) is 0 Å². The zero-order valence-electron chi connectivity index (χ0n) is 15.3. The van der Waals surface area contributed by atoms with Gasteiger partial charge in [0.15, 0.2) is 22.9 Å². The second-order valence-electron chi connectivity index (χ2n) is 8.09. The molecule has 3 aliphatic rings. The van der Waals surface area contributed by atoms with E-state index >= 15 is 0 Å². The standard InChI is InChI=1S/C18H25NO8/c1-9-3-11(21)5-17(26,14(9)24)15-12(22)6-19-18(27-15)7-16(25,8-20)10(2)4-13(18)23/h6,9-10,14,20,22,24-26H,3-5,7-8H2,1-2H3/t9-,10-,14+,16-,17+,18+/m0/s1. The van der Waals surface area contributed by atoms with Gasteiger partial charge < -0.3 is 30.3 Å². The van der Waals surface area contributed by atoms with Crippen molar-refractivity contribution in [2.24, 2.45) is 16.8 Å². The molecule has 0 aromatic rings. The first-order valence-corrected chi connectivity index (χ1v) is 8.94. The van der Waals surface area contributed by atoms with Gasteiger partial charge >= 0.3 is 0 Å². The van der Waals surface area contributed by atoms with Crippen molar-refractivity contribution in [2.45, 2.75) is 62.6 Å². The Balaban J connectivity index is 2.01. The first-order valence-electron chi connectivity index (χ1n) is 8.94. The van der Waals surface area contributed by atoms with E-state index in [1.165, 1.54) is 0 Å². The smallest absolute Gasteiger partial charge is 0.261 e. The number of carbonyl (C=O) groups is 2. The van der Waals surface area contributed by atoms with Gasteiger partial charge in [0, 0.05) is 25.7 Å². The Labute approximate surface area is 156 Å². The molecule has 1 aliphatic heterocycles. The zero-order valence-corrected chi connectivity index (χ0v) is 15.3. The highest BCUT2D eigenvalue weighted by molar-refractivity contribution is 5.92. The molecule has 2 aliphatic carbocycles. The van der Waals surface area contributed by atoms with Crippen LogP contribution in [-0.4, -0.2) is 73.0 Å².